The van der Waals surface area contributed by atoms with Crippen molar-refractivity contribution in [1.29, 1.82) is 10.8 Å². The predicted octanol–water partition coefficient (Wildman–Crippen LogP) is 9.68. The maximum absolute atomic E-state index is 8.70. The Hall–Kier alpha value is -5.20. The summed E-state index contributed by atoms with van der Waals surface area (Å²) in [6.07, 6.45) is 13.2. The molecule has 214 valence electrons. The molecule has 4 aromatic carbocycles. The van der Waals surface area contributed by atoms with Crippen LogP contribution in [-0.4, -0.2) is 11.4 Å². The Bertz CT molecular complexity index is 1870. The molecular formula is C41H34N2O. The molecule has 0 radical (unpaired) electrons. The zero-order chi connectivity index (χ0) is 29.9. The number of benzene rings is 4. The first-order valence-electron chi connectivity index (χ1n) is 15.4. The molecule has 2 aliphatic carbocycles. The van der Waals surface area contributed by atoms with E-state index in [0.717, 1.165) is 41.0 Å². The molecule has 3 heteroatoms. The molecule has 0 amide bonds. The molecule has 4 aromatic rings. The van der Waals surface area contributed by atoms with Crippen LogP contribution < -0.4 is 4.74 Å². The predicted molar refractivity (Wildman–Crippen MR) is 180 cm³/mol. The maximum atomic E-state index is 8.70. The average Bonchev–Trinajstić information content (AvgIpc) is 3.10. The number of ether oxygens (including phenoxy) is 1. The lowest BCUT2D eigenvalue weighted by Gasteiger charge is -2.44. The quantitative estimate of drug-likeness (QED) is 0.130. The minimum atomic E-state index is -0.491. The largest absolute Gasteiger partial charge is 0.457 e. The van der Waals surface area contributed by atoms with E-state index in [9.17, 15) is 0 Å². The van der Waals surface area contributed by atoms with Crippen LogP contribution in [0.2, 0.25) is 0 Å². The maximum Gasteiger partial charge on any atom is 0.132 e. The highest BCUT2D eigenvalue weighted by atomic mass is 16.5. The van der Waals surface area contributed by atoms with Crippen LogP contribution in [0.4, 0.5) is 0 Å². The van der Waals surface area contributed by atoms with Crippen LogP contribution in [0.3, 0.4) is 0 Å². The van der Waals surface area contributed by atoms with Crippen molar-refractivity contribution in [1.82, 2.24) is 0 Å². The zero-order valence-electron chi connectivity index (χ0n) is 24.6. The molecule has 0 aromatic heterocycles. The van der Waals surface area contributed by atoms with Crippen molar-refractivity contribution in [2.24, 2.45) is 5.92 Å². The van der Waals surface area contributed by atoms with Gasteiger partial charge >= 0.3 is 0 Å². The molecule has 3 nitrogen and oxygen atoms in total. The summed E-state index contributed by atoms with van der Waals surface area (Å²) in [5.74, 6) is 8.45. The fraction of sp³-hybridized carbons (Fsp3) is 0.171. The number of nitrogens with one attached hydrogen (secondary N) is 2. The normalized spacial score (nSPS) is 18.0. The van der Waals surface area contributed by atoms with Crippen LogP contribution in [0.1, 0.15) is 59.9 Å². The Kier molecular flexibility index (Phi) is 7.42. The Balaban J connectivity index is 1.29. The van der Waals surface area contributed by atoms with Gasteiger partial charge in [-0.3, -0.25) is 0 Å². The molecule has 0 bridgehead atoms. The summed E-state index contributed by atoms with van der Waals surface area (Å²) in [4.78, 5) is 0. The second kappa shape index (κ2) is 11.8. The van der Waals surface area contributed by atoms with E-state index in [1.165, 1.54) is 35.1 Å². The third kappa shape index (κ3) is 4.83. The Morgan fingerprint density at radius 1 is 0.727 bits per heavy atom. The van der Waals surface area contributed by atoms with Crippen molar-refractivity contribution in [2.45, 2.75) is 37.5 Å². The van der Waals surface area contributed by atoms with Gasteiger partial charge in [0, 0.05) is 22.4 Å². The molecule has 3 aliphatic rings. The summed E-state index contributed by atoms with van der Waals surface area (Å²) in [5.41, 5.74) is 8.30. The molecule has 0 saturated heterocycles. The Morgan fingerprint density at radius 2 is 1.39 bits per heavy atom. The van der Waals surface area contributed by atoms with Gasteiger partial charge in [0.1, 0.15) is 11.5 Å². The average molecular weight is 571 g/mol. The van der Waals surface area contributed by atoms with Crippen molar-refractivity contribution in [3.05, 3.63) is 161 Å². The first-order valence-corrected chi connectivity index (χ1v) is 15.4. The molecule has 1 heterocycles. The first-order chi connectivity index (χ1) is 21.7. The number of hydrogen-bond donors (Lipinski definition) is 2. The van der Waals surface area contributed by atoms with E-state index < -0.39 is 5.41 Å². The monoisotopic (exact) mass is 570 g/mol. The van der Waals surface area contributed by atoms with E-state index in [1.807, 2.05) is 30.3 Å². The fourth-order valence-electron chi connectivity index (χ4n) is 6.92. The number of hydrogen-bond acceptors (Lipinski definition) is 3. The topological polar surface area (TPSA) is 56.9 Å². The lowest BCUT2D eigenvalue weighted by Crippen LogP contribution is -2.36. The van der Waals surface area contributed by atoms with Gasteiger partial charge < -0.3 is 15.6 Å². The molecule has 2 N–H and O–H groups in total. The second-order valence-electron chi connectivity index (χ2n) is 11.6. The van der Waals surface area contributed by atoms with Crippen molar-refractivity contribution >= 4 is 17.0 Å². The van der Waals surface area contributed by atoms with Gasteiger partial charge in [-0.25, -0.2) is 0 Å². The Labute approximate surface area is 259 Å². The molecule has 44 heavy (non-hydrogen) atoms. The van der Waals surface area contributed by atoms with E-state index in [-0.39, 0.29) is 5.92 Å². The molecule has 0 spiro atoms. The zero-order valence-corrected chi connectivity index (χ0v) is 24.6. The third-order valence-corrected chi connectivity index (χ3v) is 9.02. The second-order valence-corrected chi connectivity index (χ2v) is 11.6. The molecular weight excluding hydrogens is 536 g/mol. The highest BCUT2D eigenvalue weighted by Gasteiger charge is 2.47. The van der Waals surface area contributed by atoms with E-state index in [4.69, 9.17) is 15.6 Å². The van der Waals surface area contributed by atoms with Crippen molar-refractivity contribution in [2.75, 3.05) is 0 Å². The first kappa shape index (κ1) is 27.6. The van der Waals surface area contributed by atoms with Crippen molar-refractivity contribution in [3.8, 4) is 23.3 Å². The van der Waals surface area contributed by atoms with Crippen LogP contribution >= 0.6 is 0 Å². The molecule has 0 saturated carbocycles. The van der Waals surface area contributed by atoms with Gasteiger partial charge in [-0.2, -0.15) is 0 Å². The number of allylic oxidation sites excluding steroid dienone is 6. The van der Waals surface area contributed by atoms with Gasteiger partial charge in [0.25, 0.3) is 0 Å². The van der Waals surface area contributed by atoms with Crippen LogP contribution in [0, 0.1) is 28.6 Å². The van der Waals surface area contributed by atoms with Gasteiger partial charge in [0.15, 0.2) is 0 Å². The van der Waals surface area contributed by atoms with Crippen LogP contribution in [0.15, 0.2) is 133 Å². The minimum absolute atomic E-state index is 0.203. The summed E-state index contributed by atoms with van der Waals surface area (Å²) in [7, 11) is 0. The summed E-state index contributed by atoms with van der Waals surface area (Å²) >= 11 is 0. The summed E-state index contributed by atoms with van der Waals surface area (Å²) in [6, 6.07) is 35.3. The highest BCUT2D eigenvalue weighted by Crippen LogP contribution is 2.58. The van der Waals surface area contributed by atoms with Gasteiger partial charge in [0.2, 0.25) is 0 Å². The van der Waals surface area contributed by atoms with Gasteiger partial charge in [-0.05, 0) is 73.1 Å². The standard InChI is InChI=1S/C41H34N2O/c42-37(30-13-3-1-4-14-30)27-28-38(43)31-25-23-29(24-26-31)33-17-7-8-18-34(33)41(32-15-5-2-6-16-32)35-19-9-11-21-39(35)44-40-22-12-10-20-36(40)41/h1,3-4,7-15,17-23,27-28,31,42-43H,2,5-6,16,25H2/b28-27-,42-37?,43-38?. The number of para-hydroxylation sites is 2. The molecule has 1 unspecified atom stereocenters. The molecule has 7 rings (SSSR count). The van der Waals surface area contributed by atoms with E-state index in [1.54, 1.807) is 12.2 Å². The Morgan fingerprint density at radius 3 is 2.05 bits per heavy atom. The summed E-state index contributed by atoms with van der Waals surface area (Å²) in [6.45, 7) is 0. The molecule has 1 aliphatic heterocycles. The van der Waals surface area contributed by atoms with Gasteiger partial charge in [0.05, 0.1) is 17.0 Å². The van der Waals surface area contributed by atoms with Crippen LogP contribution in [-0.2, 0) is 5.41 Å². The summed E-state index contributed by atoms with van der Waals surface area (Å²) < 4.78 is 6.52. The smallest absolute Gasteiger partial charge is 0.132 e. The number of rotatable bonds is 7. The van der Waals surface area contributed by atoms with Crippen molar-refractivity contribution < 1.29 is 4.74 Å². The van der Waals surface area contributed by atoms with Crippen LogP contribution in [0.25, 0.3) is 5.57 Å². The molecule has 0 fully saturated rings. The van der Waals surface area contributed by atoms with Crippen LogP contribution in [0.5, 0.6) is 11.5 Å². The van der Waals surface area contributed by atoms with Crippen molar-refractivity contribution in [3.63, 3.8) is 0 Å². The molecule has 1 atom stereocenters. The number of fused-ring (bicyclic) bond motifs is 2. The highest BCUT2D eigenvalue weighted by molar-refractivity contribution is 6.10. The van der Waals surface area contributed by atoms with E-state index in [2.05, 4.69) is 96.8 Å². The van der Waals surface area contributed by atoms with Gasteiger partial charge in [-0.1, -0.05) is 121 Å². The third-order valence-electron chi connectivity index (χ3n) is 9.02. The summed E-state index contributed by atoms with van der Waals surface area (Å²) in [5, 5.41) is 17.1. The minimum Gasteiger partial charge on any atom is -0.457 e. The van der Waals surface area contributed by atoms with Gasteiger partial charge in [-0.15, -0.1) is 0 Å². The fourth-order valence-corrected chi connectivity index (χ4v) is 6.92. The van der Waals surface area contributed by atoms with E-state index in [0.29, 0.717) is 17.8 Å². The lowest BCUT2D eigenvalue weighted by molar-refractivity contribution is 0.426. The SMILES string of the molecule is N=C(/C=C\C(=N)C1C#CC(c2ccccc2C2(C3=CCCCC3)c3ccccc3Oc3ccccc32)=CC1)c1ccccc1. The van der Waals surface area contributed by atoms with E-state index >= 15 is 0 Å². The lowest BCUT2D eigenvalue weighted by atomic mass is 9.60.